The summed E-state index contributed by atoms with van der Waals surface area (Å²) in [6.07, 6.45) is 0. The number of nitrogens with zero attached hydrogens (tertiary/aromatic N) is 1. The van der Waals surface area contributed by atoms with Gasteiger partial charge in [0, 0.05) is 29.8 Å². The molecule has 0 saturated heterocycles. The Labute approximate surface area is 129 Å². The lowest BCUT2D eigenvalue weighted by Crippen LogP contribution is -2.35. The number of anilines is 1. The molecule has 7 heteroatoms. The number of carbonyl (C=O) groups excluding carboxylic acids is 1. The summed E-state index contributed by atoms with van der Waals surface area (Å²) in [5, 5.41) is 18.8. The van der Waals surface area contributed by atoms with Gasteiger partial charge < -0.3 is 15.1 Å². The number of phenolic OH excluding ortho intramolecular Hbond substituents is 1. The molecule has 0 aromatic heterocycles. The standard InChI is InChI=1S/C16H11F2NO4/c17-11-5-9(14(20)6-12(11)18)10-7-19(15(21)16(22)23)13-4-2-1-3-8(10)13/h1-6,10,20H,7H2,(H,22,23). The molecule has 118 valence electrons. The topological polar surface area (TPSA) is 77.8 Å². The second kappa shape index (κ2) is 5.35. The summed E-state index contributed by atoms with van der Waals surface area (Å²) in [4.78, 5) is 23.8. The van der Waals surface area contributed by atoms with Crippen LogP contribution in [0.25, 0.3) is 0 Å². The van der Waals surface area contributed by atoms with Gasteiger partial charge >= 0.3 is 11.9 Å². The van der Waals surface area contributed by atoms with Crippen LogP contribution < -0.4 is 4.90 Å². The predicted octanol–water partition coefficient (Wildman–Crippen LogP) is 2.23. The Balaban J connectivity index is 2.11. The summed E-state index contributed by atoms with van der Waals surface area (Å²) in [5.41, 5.74) is 1.02. The molecule has 2 N–H and O–H groups in total. The first-order valence-electron chi connectivity index (χ1n) is 6.71. The highest BCUT2D eigenvalue weighted by atomic mass is 19.2. The minimum atomic E-state index is -1.62. The molecular weight excluding hydrogens is 308 g/mol. The van der Waals surface area contributed by atoms with Crippen molar-refractivity contribution in [3.63, 3.8) is 0 Å². The third-order valence-corrected chi connectivity index (χ3v) is 3.84. The van der Waals surface area contributed by atoms with Gasteiger partial charge in [0.15, 0.2) is 11.6 Å². The van der Waals surface area contributed by atoms with E-state index in [1.54, 1.807) is 24.3 Å². The van der Waals surface area contributed by atoms with Crippen molar-refractivity contribution in [1.82, 2.24) is 0 Å². The first-order chi connectivity index (χ1) is 10.9. The van der Waals surface area contributed by atoms with Crippen LogP contribution >= 0.6 is 0 Å². The van der Waals surface area contributed by atoms with Crippen molar-refractivity contribution < 1.29 is 28.6 Å². The molecule has 1 aliphatic rings. The molecule has 0 saturated carbocycles. The lowest BCUT2D eigenvalue weighted by molar-refractivity contribution is -0.148. The zero-order valence-electron chi connectivity index (χ0n) is 11.7. The van der Waals surface area contributed by atoms with Gasteiger partial charge in [-0.25, -0.2) is 13.6 Å². The molecule has 0 aliphatic carbocycles. The highest BCUT2D eigenvalue weighted by Crippen LogP contribution is 2.43. The van der Waals surface area contributed by atoms with E-state index in [1.165, 1.54) is 0 Å². The highest BCUT2D eigenvalue weighted by Gasteiger charge is 2.37. The minimum absolute atomic E-state index is 0.0802. The van der Waals surface area contributed by atoms with E-state index in [9.17, 15) is 23.5 Å². The van der Waals surface area contributed by atoms with Crippen LogP contribution in [0.2, 0.25) is 0 Å². The van der Waals surface area contributed by atoms with Crippen LogP contribution in [-0.4, -0.2) is 28.6 Å². The van der Waals surface area contributed by atoms with E-state index in [2.05, 4.69) is 0 Å². The number of para-hydroxylation sites is 1. The lowest BCUT2D eigenvalue weighted by atomic mass is 9.92. The van der Waals surface area contributed by atoms with E-state index in [-0.39, 0.29) is 12.1 Å². The molecule has 0 radical (unpaired) electrons. The van der Waals surface area contributed by atoms with Crippen molar-refractivity contribution in [3.05, 3.63) is 59.2 Å². The number of aliphatic carboxylic acids is 1. The number of phenols is 1. The van der Waals surface area contributed by atoms with Gasteiger partial charge in [-0.1, -0.05) is 18.2 Å². The van der Waals surface area contributed by atoms with Gasteiger partial charge in [0.05, 0.1) is 0 Å². The molecule has 0 fully saturated rings. The van der Waals surface area contributed by atoms with Crippen molar-refractivity contribution in [2.24, 2.45) is 0 Å². The van der Waals surface area contributed by atoms with Crippen molar-refractivity contribution in [3.8, 4) is 5.75 Å². The van der Waals surface area contributed by atoms with Crippen LogP contribution in [0, 0.1) is 11.6 Å². The molecule has 0 spiro atoms. The van der Waals surface area contributed by atoms with Crippen LogP contribution in [0.3, 0.4) is 0 Å². The van der Waals surface area contributed by atoms with Gasteiger partial charge in [-0.3, -0.25) is 4.79 Å². The summed E-state index contributed by atoms with van der Waals surface area (Å²) in [6.45, 7) is -0.0802. The minimum Gasteiger partial charge on any atom is -0.508 e. The van der Waals surface area contributed by atoms with Gasteiger partial charge in [-0.05, 0) is 17.7 Å². The van der Waals surface area contributed by atoms with Crippen LogP contribution in [0.1, 0.15) is 17.0 Å². The number of carbonyl (C=O) groups is 2. The largest absolute Gasteiger partial charge is 0.508 e. The van der Waals surface area contributed by atoms with E-state index in [0.717, 1.165) is 11.0 Å². The molecule has 3 rings (SSSR count). The van der Waals surface area contributed by atoms with Crippen LogP contribution in [0.5, 0.6) is 5.75 Å². The maximum Gasteiger partial charge on any atom is 0.394 e. The fourth-order valence-corrected chi connectivity index (χ4v) is 2.81. The fraction of sp³-hybridized carbons (Fsp3) is 0.125. The number of hydrogen-bond donors (Lipinski definition) is 2. The number of carboxylic acid groups (broad SMARTS) is 1. The van der Waals surface area contributed by atoms with Crippen LogP contribution in [0.4, 0.5) is 14.5 Å². The van der Waals surface area contributed by atoms with Gasteiger partial charge in [0.1, 0.15) is 5.75 Å². The summed E-state index contributed by atoms with van der Waals surface area (Å²) in [7, 11) is 0. The second-order valence-corrected chi connectivity index (χ2v) is 5.16. The first-order valence-corrected chi connectivity index (χ1v) is 6.71. The van der Waals surface area contributed by atoms with Crippen molar-refractivity contribution >= 4 is 17.6 Å². The number of fused-ring (bicyclic) bond motifs is 1. The maximum atomic E-state index is 13.5. The molecule has 2 aromatic rings. The van der Waals surface area contributed by atoms with E-state index in [1.807, 2.05) is 0 Å². The smallest absolute Gasteiger partial charge is 0.394 e. The van der Waals surface area contributed by atoms with E-state index in [0.29, 0.717) is 17.3 Å². The third kappa shape index (κ3) is 2.40. The Morgan fingerprint density at radius 3 is 2.43 bits per heavy atom. The normalized spacial score (nSPS) is 16.3. The quantitative estimate of drug-likeness (QED) is 0.790. The van der Waals surface area contributed by atoms with Gasteiger partial charge in [-0.15, -0.1) is 0 Å². The summed E-state index contributed by atoms with van der Waals surface area (Å²) in [5.74, 6) is -6.15. The summed E-state index contributed by atoms with van der Waals surface area (Å²) < 4.78 is 26.7. The average molecular weight is 319 g/mol. The lowest BCUT2D eigenvalue weighted by Gasteiger charge is -2.16. The third-order valence-electron chi connectivity index (χ3n) is 3.84. The second-order valence-electron chi connectivity index (χ2n) is 5.16. The highest BCUT2D eigenvalue weighted by molar-refractivity contribution is 6.37. The Morgan fingerprint density at radius 1 is 1.09 bits per heavy atom. The molecule has 1 unspecified atom stereocenters. The number of amides is 1. The van der Waals surface area contributed by atoms with E-state index >= 15 is 0 Å². The Morgan fingerprint density at radius 2 is 1.74 bits per heavy atom. The van der Waals surface area contributed by atoms with Crippen LogP contribution in [-0.2, 0) is 9.59 Å². The molecule has 1 aliphatic heterocycles. The van der Waals surface area contributed by atoms with Gasteiger partial charge in [0.2, 0.25) is 0 Å². The number of aromatic hydroxyl groups is 1. The average Bonchev–Trinajstić information content (AvgIpc) is 2.89. The number of rotatable bonds is 1. The predicted molar refractivity (Wildman–Crippen MR) is 76.3 cm³/mol. The summed E-state index contributed by atoms with van der Waals surface area (Å²) >= 11 is 0. The van der Waals surface area contributed by atoms with Crippen LogP contribution in [0.15, 0.2) is 36.4 Å². The maximum absolute atomic E-state index is 13.5. The summed E-state index contributed by atoms with van der Waals surface area (Å²) in [6, 6.07) is 8.05. The molecule has 5 nitrogen and oxygen atoms in total. The Kier molecular flexibility index (Phi) is 3.48. The number of carboxylic acids is 1. The van der Waals surface area contributed by atoms with Crippen molar-refractivity contribution in [1.29, 1.82) is 0 Å². The number of benzene rings is 2. The van der Waals surface area contributed by atoms with Crippen molar-refractivity contribution in [2.75, 3.05) is 11.4 Å². The number of halogens is 2. The molecule has 0 bridgehead atoms. The Bertz CT molecular complexity index is 822. The molecule has 1 atom stereocenters. The van der Waals surface area contributed by atoms with E-state index in [4.69, 9.17) is 5.11 Å². The first kappa shape index (κ1) is 15.0. The monoisotopic (exact) mass is 319 g/mol. The fourth-order valence-electron chi connectivity index (χ4n) is 2.81. The molecule has 23 heavy (non-hydrogen) atoms. The molecule has 1 amide bonds. The zero-order valence-corrected chi connectivity index (χ0v) is 11.7. The van der Waals surface area contributed by atoms with Gasteiger partial charge in [0.25, 0.3) is 0 Å². The Hall–Kier alpha value is -2.96. The van der Waals surface area contributed by atoms with Crippen molar-refractivity contribution in [2.45, 2.75) is 5.92 Å². The molecular formula is C16H11F2NO4. The van der Waals surface area contributed by atoms with Gasteiger partial charge in [-0.2, -0.15) is 0 Å². The SMILES string of the molecule is O=C(O)C(=O)N1CC(c2cc(F)c(F)cc2O)c2ccccc21. The number of hydrogen-bond acceptors (Lipinski definition) is 3. The zero-order chi connectivity index (χ0) is 16.7. The molecule has 2 aromatic carbocycles. The molecule has 1 heterocycles. The van der Waals surface area contributed by atoms with E-state index < -0.39 is 35.2 Å².